The molecule has 1 amide bonds. The van der Waals surface area contributed by atoms with Crippen molar-refractivity contribution in [3.05, 3.63) is 82.3 Å². The Bertz CT molecular complexity index is 740. The largest absolute Gasteiger partial charge is 0.487 e. The van der Waals surface area contributed by atoms with E-state index in [2.05, 4.69) is 10.3 Å². The number of aromatic nitrogens is 1. The first-order valence-electron chi connectivity index (χ1n) is 7.24. The highest BCUT2D eigenvalue weighted by molar-refractivity contribution is 7.12. The number of pyridine rings is 1. The number of nitrogens with one attached hydrogen (secondary N) is 1. The molecule has 0 spiro atoms. The number of amides is 1. The second-order valence-corrected chi connectivity index (χ2v) is 5.86. The minimum Gasteiger partial charge on any atom is -0.487 e. The van der Waals surface area contributed by atoms with Gasteiger partial charge in [0, 0.05) is 12.7 Å². The summed E-state index contributed by atoms with van der Waals surface area (Å²) in [4.78, 5) is 16.8. The van der Waals surface area contributed by atoms with E-state index in [4.69, 9.17) is 4.74 Å². The van der Waals surface area contributed by atoms with Crippen molar-refractivity contribution in [3.63, 3.8) is 0 Å². The Morgan fingerprint density at radius 2 is 1.96 bits per heavy atom. The number of carbonyl (C=O) groups excluding carboxylic acids is 1. The van der Waals surface area contributed by atoms with Gasteiger partial charge >= 0.3 is 0 Å². The molecule has 1 aromatic carbocycles. The number of nitrogens with zero attached hydrogens (tertiary/aromatic N) is 1. The molecule has 3 rings (SSSR count). The highest BCUT2D eigenvalue weighted by Gasteiger charge is 2.05. The summed E-state index contributed by atoms with van der Waals surface area (Å²) in [6.07, 6.45) is 1.75. The van der Waals surface area contributed by atoms with Gasteiger partial charge in [0.2, 0.25) is 0 Å². The average molecular weight is 324 g/mol. The van der Waals surface area contributed by atoms with Gasteiger partial charge in [0.15, 0.2) is 0 Å². The molecule has 0 fully saturated rings. The third-order valence-corrected chi connectivity index (χ3v) is 4.10. The normalized spacial score (nSPS) is 10.3. The van der Waals surface area contributed by atoms with Crippen LogP contribution < -0.4 is 10.1 Å². The highest BCUT2D eigenvalue weighted by atomic mass is 32.1. The van der Waals surface area contributed by atoms with Gasteiger partial charge in [-0.1, -0.05) is 24.3 Å². The molecule has 0 saturated heterocycles. The molecule has 0 aliphatic heterocycles. The van der Waals surface area contributed by atoms with Gasteiger partial charge in [-0.2, -0.15) is 0 Å². The van der Waals surface area contributed by atoms with Gasteiger partial charge in [-0.15, -0.1) is 11.3 Å². The van der Waals surface area contributed by atoms with Crippen LogP contribution in [-0.2, 0) is 13.2 Å². The summed E-state index contributed by atoms with van der Waals surface area (Å²) < 4.78 is 5.68. The number of hydrogen-bond acceptors (Lipinski definition) is 4. The zero-order valence-electron chi connectivity index (χ0n) is 12.4. The van der Waals surface area contributed by atoms with E-state index in [9.17, 15) is 4.79 Å². The number of thiophene rings is 1. The molecule has 0 saturated carbocycles. The van der Waals surface area contributed by atoms with E-state index in [1.807, 2.05) is 60.0 Å². The molecule has 116 valence electrons. The Morgan fingerprint density at radius 1 is 1.09 bits per heavy atom. The summed E-state index contributed by atoms with van der Waals surface area (Å²) in [5.74, 6) is 0.736. The fourth-order valence-corrected chi connectivity index (χ4v) is 2.66. The lowest BCUT2D eigenvalue weighted by atomic mass is 10.2. The van der Waals surface area contributed by atoms with Crippen molar-refractivity contribution in [2.24, 2.45) is 0 Å². The van der Waals surface area contributed by atoms with Crippen molar-refractivity contribution >= 4 is 17.2 Å². The molecule has 0 aliphatic rings. The van der Waals surface area contributed by atoms with Crippen molar-refractivity contribution in [1.29, 1.82) is 0 Å². The summed E-state index contributed by atoms with van der Waals surface area (Å²) in [6, 6.07) is 17.1. The van der Waals surface area contributed by atoms with Gasteiger partial charge in [-0.3, -0.25) is 9.78 Å². The van der Waals surface area contributed by atoms with Gasteiger partial charge < -0.3 is 10.1 Å². The predicted molar refractivity (Wildman–Crippen MR) is 90.5 cm³/mol. The fourth-order valence-electron chi connectivity index (χ4n) is 2.02. The summed E-state index contributed by atoms with van der Waals surface area (Å²) in [6.45, 7) is 0.937. The van der Waals surface area contributed by atoms with E-state index in [0.29, 0.717) is 13.2 Å². The van der Waals surface area contributed by atoms with Crippen molar-refractivity contribution in [2.45, 2.75) is 13.2 Å². The molecule has 0 radical (unpaired) electrons. The van der Waals surface area contributed by atoms with Gasteiger partial charge in [0.25, 0.3) is 5.91 Å². The smallest absolute Gasteiger partial charge is 0.261 e. The topological polar surface area (TPSA) is 51.2 Å². The highest BCUT2D eigenvalue weighted by Crippen LogP contribution is 2.14. The van der Waals surface area contributed by atoms with Crippen LogP contribution in [0.3, 0.4) is 0 Å². The molecule has 0 atom stereocenters. The minimum atomic E-state index is -0.0459. The second-order valence-electron chi connectivity index (χ2n) is 4.91. The minimum absolute atomic E-state index is 0.0459. The van der Waals surface area contributed by atoms with Gasteiger partial charge in [0.05, 0.1) is 10.6 Å². The van der Waals surface area contributed by atoms with E-state index in [-0.39, 0.29) is 5.91 Å². The summed E-state index contributed by atoms with van der Waals surface area (Å²) in [5, 5.41) is 4.79. The fraction of sp³-hybridized carbons (Fsp3) is 0.111. The molecule has 0 unspecified atom stereocenters. The Morgan fingerprint density at radius 3 is 2.65 bits per heavy atom. The number of carbonyl (C=O) groups is 1. The lowest BCUT2D eigenvalue weighted by Crippen LogP contribution is -2.21. The maximum atomic E-state index is 11.9. The quantitative estimate of drug-likeness (QED) is 0.753. The van der Waals surface area contributed by atoms with E-state index in [0.717, 1.165) is 21.9 Å². The Labute approximate surface area is 138 Å². The molecule has 0 aliphatic carbocycles. The Hall–Kier alpha value is -2.66. The van der Waals surface area contributed by atoms with Gasteiger partial charge in [-0.05, 0) is 41.3 Å². The van der Waals surface area contributed by atoms with E-state index in [1.165, 1.54) is 11.3 Å². The molecule has 3 aromatic rings. The third kappa shape index (κ3) is 4.40. The summed E-state index contributed by atoms with van der Waals surface area (Å²) >= 11 is 1.44. The van der Waals surface area contributed by atoms with Crippen molar-refractivity contribution in [3.8, 4) is 5.75 Å². The molecule has 0 bridgehead atoms. The number of rotatable bonds is 6. The van der Waals surface area contributed by atoms with Crippen LogP contribution in [0.25, 0.3) is 0 Å². The average Bonchev–Trinajstić information content (AvgIpc) is 3.14. The van der Waals surface area contributed by atoms with Gasteiger partial charge in [-0.25, -0.2) is 0 Å². The van der Waals surface area contributed by atoms with E-state index in [1.54, 1.807) is 6.20 Å². The second kappa shape index (κ2) is 7.56. The van der Waals surface area contributed by atoms with Crippen LogP contribution in [-0.4, -0.2) is 10.9 Å². The first kappa shape index (κ1) is 15.2. The summed E-state index contributed by atoms with van der Waals surface area (Å²) in [7, 11) is 0. The molecule has 2 heterocycles. The Kier molecular flexibility index (Phi) is 5.01. The molecule has 4 nitrogen and oxygen atoms in total. The van der Waals surface area contributed by atoms with Crippen molar-refractivity contribution < 1.29 is 9.53 Å². The molecule has 1 N–H and O–H groups in total. The number of ether oxygens (including phenoxy) is 1. The molecular weight excluding hydrogens is 308 g/mol. The molecule has 23 heavy (non-hydrogen) atoms. The summed E-state index contributed by atoms with van der Waals surface area (Å²) in [5.41, 5.74) is 1.92. The van der Waals surface area contributed by atoms with Crippen LogP contribution in [0.15, 0.2) is 66.2 Å². The molecule has 2 aromatic heterocycles. The van der Waals surface area contributed by atoms with Crippen molar-refractivity contribution in [2.75, 3.05) is 0 Å². The van der Waals surface area contributed by atoms with Crippen LogP contribution in [0.2, 0.25) is 0 Å². The maximum absolute atomic E-state index is 11.9. The maximum Gasteiger partial charge on any atom is 0.261 e. The zero-order chi connectivity index (χ0) is 15.9. The van der Waals surface area contributed by atoms with Crippen LogP contribution in [0.5, 0.6) is 5.75 Å². The lowest BCUT2D eigenvalue weighted by Gasteiger charge is -2.07. The van der Waals surface area contributed by atoms with Gasteiger partial charge in [0.1, 0.15) is 12.4 Å². The van der Waals surface area contributed by atoms with Crippen LogP contribution >= 0.6 is 11.3 Å². The molecule has 5 heteroatoms. The first-order chi connectivity index (χ1) is 11.3. The monoisotopic (exact) mass is 324 g/mol. The lowest BCUT2D eigenvalue weighted by molar-refractivity contribution is 0.0955. The number of benzene rings is 1. The Balaban J connectivity index is 1.50. The standard InChI is InChI=1S/C18H16N2O2S/c21-18(17-5-3-11-23-17)20-12-14-6-8-16(9-7-14)22-13-15-4-1-2-10-19-15/h1-11H,12-13H2,(H,20,21). The molecular formula is C18H16N2O2S. The van der Waals surface area contributed by atoms with Crippen molar-refractivity contribution in [1.82, 2.24) is 10.3 Å². The number of hydrogen-bond donors (Lipinski definition) is 1. The zero-order valence-corrected chi connectivity index (χ0v) is 13.3. The SMILES string of the molecule is O=C(NCc1ccc(OCc2ccccn2)cc1)c1cccs1. The van der Waals surface area contributed by atoms with Crippen LogP contribution in [0, 0.1) is 0 Å². The van der Waals surface area contributed by atoms with Crippen LogP contribution in [0.4, 0.5) is 0 Å². The predicted octanol–water partition coefficient (Wildman–Crippen LogP) is 3.65. The van der Waals surface area contributed by atoms with Crippen LogP contribution in [0.1, 0.15) is 20.9 Å². The third-order valence-electron chi connectivity index (χ3n) is 3.23. The van der Waals surface area contributed by atoms with E-state index < -0.39 is 0 Å². The van der Waals surface area contributed by atoms with E-state index >= 15 is 0 Å². The first-order valence-corrected chi connectivity index (χ1v) is 8.12.